The first kappa shape index (κ1) is 14.3. The molecule has 0 saturated heterocycles. The molecule has 0 saturated carbocycles. The second-order valence-electron chi connectivity index (χ2n) is 4.22. The van der Waals surface area contributed by atoms with Crippen LogP contribution in [0.25, 0.3) is 0 Å². The fourth-order valence-electron chi connectivity index (χ4n) is 1.72. The highest BCUT2D eigenvalue weighted by molar-refractivity contribution is 5.64. The minimum atomic E-state index is -0.943. The van der Waals surface area contributed by atoms with Crippen molar-refractivity contribution in [3.8, 4) is 0 Å². The maximum absolute atomic E-state index is 10.2. The van der Waals surface area contributed by atoms with Crippen LogP contribution in [0.15, 0.2) is 42.5 Å². The minimum Gasteiger partial charge on any atom is -0.465 e. The van der Waals surface area contributed by atoms with Gasteiger partial charge in [-0.2, -0.15) is 0 Å². The van der Waals surface area contributed by atoms with Crippen LogP contribution in [0.3, 0.4) is 0 Å². The molecule has 1 rings (SSSR count). The van der Waals surface area contributed by atoms with E-state index in [0.717, 1.165) is 32.1 Å². The molecule has 1 aromatic carbocycles. The maximum atomic E-state index is 10.2. The number of benzene rings is 1. The van der Waals surface area contributed by atoms with E-state index in [1.54, 1.807) is 0 Å². The first-order valence-corrected chi connectivity index (χ1v) is 6.45. The first-order chi connectivity index (χ1) is 8.79. The van der Waals surface area contributed by atoms with Gasteiger partial charge in [0.15, 0.2) is 0 Å². The third kappa shape index (κ3) is 7.49. The van der Waals surface area contributed by atoms with Gasteiger partial charge in [-0.05, 0) is 37.7 Å². The van der Waals surface area contributed by atoms with Crippen molar-refractivity contribution in [2.75, 3.05) is 6.54 Å². The minimum absolute atomic E-state index is 0.531. The summed E-state index contributed by atoms with van der Waals surface area (Å²) < 4.78 is 0. The zero-order valence-corrected chi connectivity index (χ0v) is 10.6. The largest absolute Gasteiger partial charge is 0.465 e. The number of amides is 1. The highest BCUT2D eigenvalue weighted by Gasteiger charge is 1.91. The van der Waals surface area contributed by atoms with E-state index in [2.05, 4.69) is 41.7 Å². The summed E-state index contributed by atoms with van der Waals surface area (Å²) in [5.74, 6) is 0. The van der Waals surface area contributed by atoms with E-state index in [1.807, 2.05) is 6.07 Å². The standard InChI is InChI=1S/C15H21NO2/c17-15(18)16-13-9-4-2-1-3-6-10-14-11-7-5-8-12-14/h1-2,5,7-8,11-12,16H,3-4,6,9-10,13H2,(H,17,18). The van der Waals surface area contributed by atoms with Gasteiger partial charge in [0.1, 0.15) is 0 Å². The van der Waals surface area contributed by atoms with Gasteiger partial charge in [0.25, 0.3) is 0 Å². The van der Waals surface area contributed by atoms with Gasteiger partial charge in [0.2, 0.25) is 0 Å². The van der Waals surface area contributed by atoms with Crippen LogP contribution in [0, 0.1) is 0 Å². The quantitative estimate of drug-likeness (QED) is 0.544. The van der Waals surface area contributed by atoms with Crippen molar-refractivity contribution in [1.82, 2.24) is 5.32 Å². The second-order valence-corrected chi connectivity index (χ2v) is 4.22. The number of unbranched alkanes of at least 4 members (excludes halogenated alkanes) is 2. The molecule has 0 aliphatic carbocycles. The molecule has 0 spiro atoms. The molecule has 2 N–H and O–H groups in total. The number of hydrogen-bond acceptors (Lipinski definition) is 1. The summed E-state index contributed by atoms with van der Waals surface area (Å²) in [5, 5.41) is 10.7. The van der Waals surface area contributed by atoms with Gasteiger partial charge < -0.3 is 10.4 Å². The number of aryl methyl sites for hydroxylation is 1. The molecule has 0 heterocycles. The maximum Gasteiger partial charge on any atom is 0.404 e. The van der Waals surface area contributed by atoms with Crippen LogP contribution in [0.1, 0.15) is 31.2 Å². The Morgan fingerprint density at radius 3 is 2.44 bits per heavy atom. The molecule has 3 heteroatoms. The van der Waals surface area contributed by atoms with Crippen LogP contribution in [-0.4, -0.2) is 17.7 Å². The summed E-state index contributed by atoms with van der Waals surface area (Å²) in [6.45, 7) is 0.531. The highest BCUT2D eigenvalue weighted by atomic mass is 16.4. The number of carboxylic acid groups (broad SMARTS) is 1. The van der Waals surface area contributed by atoms with Crippen molar-refractivity contribution in [3.05, 3.63) is 48.0 Å². The van der Waals surface area contributed by atoms with Crippen molar-refractivity contribution in [2.45, 2.75) is 32.1 Å². The number of rotatable bonds is 8. The summed E-state index contributed by atoms with van der Waals surface area (Å²) in [6, 6.07) is 10.5. The van der Waals surface area contributed by atoms with Gasteiger partial charge in [-0.1, -0.05) is 42.5 Å². The molecule has 0 radical (unpaired) electrons. The summed E-state index contributed by atoms with van der Waals surface area (Å²) in [7, 11) is 0. The Balaban J connectivity index is 1.96. The average molecular weight is 247 g/mol. The van der Waals surface area contributed by atoms with E-state index in [1.165, 1.54) is 5.56 Å². The van der Waals surface area contributed by atoms with E-state index in [-0.39, 0.29) is 0 Å². The fraction of sp³-hybridized carbons (Fsp3) is 0.400. The van der Waals surface area contributed by atoms with Crippen molar-refractivity contribution in [3.63, 3.8) is 0 Å². The Morgan fingerprint density at radius 2 is 1.78 bits per heavy atom. The van der Waals surface area contributed by atoms with Crippen molar-refractivity contribution < 1.29 is 9.90 Å². The zero-order valence-electron chi connectivity index (χ0n) is 10.6. The lowest BCUT2D eigenvalue weighted by molar-refractivity contribution is 0.194. The van der Waals surface area contributed by atoms with Crippen LogP contribution in [0.4, 0.5) is 4.79 Å². The molecule has 1 aromatic rings. The third-order valence-electron chi connectivity index (χ3n) is 2.67. The molecule has 0 fully saturated rings. The number of hydrogen-bond donors (Lipinski definition) is 2. The lowest BCUT2D eigenvalue weighted by atomic mass is 10.1. The van der Waals surface area contributed by atoms with Gasteiger partial charge in [-0.15, -0.1) is 0 Å². The SMILES string of the molecule is O=C(O)NCCCC=CCCCc1ccccc1. The molecule has 98 valence electrons. The molecule has 3 nitrogen and oxygen atoms in total. The monoisotopic (exact) mass is 247 g/mol. The van der Waals surface area contributed by atoms with E-state index >= 15 is 0 Å². The van der Waals surface area contributed by atoms with Gasteiger partial charge in [0, 0.05) is 6.54 Å². The van der Waals surface area contributed by atoms with Crippen LogP contribution >= 0.6 is 0 Å². The van der Waals surface area contributed by atoms with Crippen LogP contribution in [0.5, 0.6) is 0 Å². The highest BCUT2D eigenvalue weighted by Crippen LogP contribution is 2.05. The average Bonchev–Trinajstić information content (AvgIpc) is 2.37. The van der Waals surface area contributed by atoms with Gasteiger partial charge in [0.05, 0.1) is 0 Å². The molecule has 1 amide bonds. The molecule has 0 unspecified atom stereocenters. The van der Waals surface area contributed by atoms with E-state index in [0.29, 0.717) is 6.54 Å². The topological polar surface area (TPSA) is 49.3 Å². The summed E-state index contributed by atoms with van der Waals surface area (Å²) in [4.78, 5) is 10.2. The van der Waals surface area contributed by atoms with Gasteiger partial charge >= 0.3 is 6.09 Å². The number of nitrogens with one attached hydrogen (secondary N) is 1. The van der Waals surface area contributed by atoms with Gasteiger partial charge in [-0.25, -0.2) is 4.79 Å². The lowest BCUT2D eigenvalue weighted by Crippen LogP contribution is -2.21. The Kier molecular flexibility index (Phi) is 7.37. The molecular formula is C15H21NO2. The normalized spacial score (nSPS) is 10.7. The molecular weight excluding hydrogens is 226 g/mol. The Hall–Kier alpha value is -1.77. The predicted octanol–water partition coefficient (Wildman–Crippen LogP) is 3.61. The number of carbonyl (C=O) groups is 1. The van der Waals surface area contributed by atoms with Crippen LogP contribution in [0.2, 0.25) is 0 Å². The molecule has 18 heavy (non-hydrogen) atoms. The lowest BCUT2D eigenvalue weighted by Gasteiger charge is -1.99. The molecule has 0 aliphatic heterocycles. The Labute approximate surface area is 109 Å². The molecule has 0 bridgehead atoms. The van der Waals surface area contributed by atoms with E-state index in [9.17, 15) is 4.79 Å². The predicted molar refractivity (Wildman–Crippen MR) is 73.8 cm³/mol. The molecule has 0 aromatic heterocycles. The smallest absolute Gasteiger partial charge is 0.404 e. The van der Waals surface area contributed by atoms with Gasteiger partial charge in [-0.3, -0.25) is 0 Å². The van der Waals surface area contributed by atoms with E-state index in [4.69, 9.17) is 5.11 Å². The number of allylic oxidation sites excluding steroid dienone is 2. The Morgan fingerprint density at radius 1 is 1.11 bits per heavy atom. The molecule has 0 atom stereocenters. The first-order valence-electron chi connectivity index (χ1n) is 6.45. The summed E-state index contributed by atoms with van der Waals surface area (Å²) >= 11 is 0. The Bertz CT molecular complexity index is 360. The van der Waals surface area contributed by atoms with Crippen molar-refractivity contribution in [2.24, 2.45) is 0 Å². The van der Waals surface area contributed by atoms with E-state index < -0.39 is 6.09 Å². The summed E-state index contributed by atoms with van der Waals surface area (Å²) in [6.07, 6.45) is 8.54. The molecule has 0 aliphatic rings. The summed E-state index contributed by atoms with van der Waals surface area (Å²) in [5.41, 5.74) is 1.39. The van der Waals surface area contributed by atoms with Crippen molar-refractivity contribution in [1.29, 1.82) is 0 Å². The zero-order chi connectivity index (χ0) is 13.1. The fourth-order valence-corrected chi connectivity index (χ4v) is 1.72. The second kappa shape index (κ2) is 9.28. The third-order valence-corrected chi connectivity index (χ3v) is 2.67. The van der Waals surface area contributed by atoms with Crippen LogP contribution < -0.4 is 5.32 Å². The van der Waals surface area contributed by atoms with Crippen molar-refractivity contribution >= 4 is 6.09 Å². The van der Waals surface area contributed by atoms with Crippen LogP contribution in [-0.2, 0) is 6.42 Å².